The molecule has 0 atom stereocenters. The van der Waals surface area contributed by atoms with Gasteiger partial charge in [0.05, 0.1) is 25.3 Å². The molecule has 1 rings (SSSR count). The fraction of sp³-hybridized carbons (Fsp3) is 0.333. The van der Waals surface area contributed by atoms with Crippen molar-refractivity contribution in [3.8, 4) is 11.5 Å². The van der Waals surface area contributed by atoms with Gasteiger partial charge in [0.15, 0.2) is 11.5 Å². The van der Waals surface area contributed by atoms with E-state index in [0.717, 1.165) is 0 Å². The number of methoxy groups -OCH3 is 2. The smallest absolute Gasteiger partial charge is 0.175 e. The van der Waals surface area contributed by atoms with Gasteiger partial charge in [-0.3, -0.25) is 0 Å². The molecule has 0 aliphatic rings. The molecular formula is C9H10BrFO3. The Morgan fingerprint density at radius 3 is 2.50 bits per heavy atom. The van der Waals surface area contributed by atoms with E-state index < -0.39 is 12.4 Å². The van der Waals surface area contributed by atoms with Crippen LogP contribution in [0.15, 0.2) is 10.5 Å². The van der Waals surface area contributed by atoms with Crippen molar-refractivity contribution in [3.05, 3.63) is 21.9 Å². The number of ether oxygens (including phenoxy) is 2. The van der Waals surface area contributed by atoms with E-state index in [0.29, 0.717) is 10.2 Å². The van der Waals surface area contributed by atoms with Gasteiger partial charge >= 0.3 is 0 Å². The second-order valence-electron chi connectivity index (χ2n) is 2.54. The Labute approximate surface area is 89.6 Å². The number of aliphatic hydroxyl groups excluding tert-OH is 1. The lowest BCUT2D eigenvalue weighted by Gasteiger charge is -2.12. The van der Waals surface area contributed by atoms with Crippen molar-refractivity contribution in [2.24, 2.45) is 0 Å². The zero-order chi connectivity index (χ0) is 10.7. The first-order chi connectivity index (χ1) is 6.65. The number of benzene rings is 1. The quantitative estimate of drug-likeness (QED) is 0.909. The molecule has 1 N–H and O–H groups in total. The third-order valence-corrected chi connectivity index (χ3v) is 2.66. The van der Waals surface area contributed by atoms with Crippen molar-refractivity contribution in [1.29, 1.82) is 0 Å². The predicted molar refractivity (Wildman–Crippen MR) is 53.1 cm³/mol. The Balaban J connectivity index is 3.39. The van der Waals surface area contributed by atoms with E-state index in [1.807, 2.05) is 0 Å². The maximum atomic E-state index is 13.3. The second-order valence-corrected chi connectivity index (χ2v) is 3.34. The summed E-state index contributed by atoms with van der Waals surface area (Å²) < 4.78 is 23.6. The maximum absolute atomic E-state index is 13.3. The molecule has 0 aromatic heterocycles. The van der Waals surface area contributed by atoms with Crippen LogP contribution in [0.3, 0.4) is 0 Å². The monoisotopic (exact) mass is 264 g/mol. The molecule has 0 saturated heterocycles. The maximum Gasteiger partial charge on any atom is 0.175 e. The molecule has 1 aromatic carbocycles. The number of aliphatic hydroxyl groups is 1. The Kier molecular flexibility index (Phi) is 3.71. The number of hydrogen-bond donors (Lipinski definition) is 1. The molecule has 0 fully saturated rings. The van der Waals surface area contributed by atoms with E-state index >= 15 is 0 Å². The van der Waals surface area contributed by atoms with Crippen molar-refractivity contribution in [3.63, 3.8) is 0 Å². The molecule has 14 heavy (non-hydrogen) atoms. The van der Waals surface area contributed by atoms with Crippen molar-refractivity contribution in [1.82, 2.24) is 0 Å². The van der Waals surface area contributed by atoms with Crippen molar-refractivity contribution in [2.45, 2.75) is 6.61 Å². The number of rotatable bonds is 3. The molecule has 1 aromatic rings. The van der Waals surface area contributed by atoms with Crippen LogP contribution in [0.1, 0.15) is 5.56 Å². The molecule has 0 heterocycles. The normalized spacial score (nSPS) is 10.1. The van der Waals surface area contributed by atoms with Crippen LogP contribution in [0.2, 0.25) is 0 Å². The van der Waals surface area contributed by atoms with E-state index in [4.69, 9.17) is 14.6 Å². The van der Waals surface area contributed by atoms with Crippen molar-refractivity contribution >= 4 is 15.9 Å². The average Bonchev–Trinajstić information content (AvgIpc) is 2.17. The lowest BCUT2D eigenvalue weighted by Crippen LogP contribution is -1.98. The summed E-state index contributed by atoms with van der Waals surface area (Å²) in [4.78, 5) is 0. The van der Waals surface area contributed by atoms with Crippen LogP contribution in [0.4, 0.5) is 4.39 Å². The highest BCUT2D eigenvalue weighted by atomic mass is 79.9. The van der Waals surface area contributed by atoms with Gasteiger partial charge in [-0.25, -0.2) is 4.39 Å². The van der Waals surface area contributed by atoms with Crippen LogP contribution in [0.25, 0.3) is 0 Å². The zero-order valence-electron chi connectivity index (χ0n) is 7.80. The van der Waals surface area contributed by atoms with Crippen LogP contribution in [0.5, 0.6) is 11.5 Å². The van der Waals surface area contributed by atoms with Gasteiger partial charge in [0, 0.05) is 11.6 Å². The summed E-state index contributed by atoms with van der Waals surface area (Å²) in [6, 6.07) is 1.18. The highest BCUT2D eigenvalue weighted by Crippen LogP contribution is 2.39. The highest BCUT2D eigenvalue weighted by Gasteiger charge is 2.16. The Hall–Kier alpha value is -0.810. The van der Waals surface area contributed by atoms with Gasteiger partial charge in [0.1, 0.15) is 5.82 Å². The predicted octanol–water partition coefficient (Wildman–Crippen LogP) is 2.10. The minimum absolute atomic E-state index is 0.155. The topological polar surface area (TPSA) is 38.7 Å². The van der Waals surface area contributed by atoms with Crippen LogP contribution >= 0.6 is 15.9 Å². The zero-order valence-corrected chi connectivity index (χ0v) is 9.39. The van der Waals surface area contributed by atoms with Gasteiger partial charge in [0.25, 0.3) is 0 Å². The second kappa shape index (κ2) is 4.61. The molecule has 0 unspecified atom stereocenters. The largest absolute Gasteiger partial charge is 0.493 e. The Bertz CT molecular complexity index is 341. The van der Waals surface area contributed by atoms with Gasteiger partial charge in [-0.15, -0.1) is 0 Å². The Morgan fingerprint density at radius 1 is 1.43 bits per heavy atom. The van der Waals surface area contributed by atoms with Crippen LogP contribution in [-0.2, 0) is 6.61 Å². The fourth-order valence-corrected chi connectivity index (χ4v) is 1.78. The molecule has 78 valence electrons. The fourth-order valence-electron chi connectivity index (χ4n) is 1.10. The van der Waals surface area contributed by atoms with E-state index in [9.17, 15) is 4.39 Å². The average molecular weight is 265 g/mol. The van der Waals surface area contributed by atoms with Crippen molar-refractivity contribution in [2.75, 3.05) is 14.2 Å². The lowest BCUT2D eigenvalue weighted by molar-refractivity contribution is 0.272. The van der Waals surface area contributed by atoms with E-state index in [1.54, 1.807) is 0 Å². The molecule has 5 heteroatoms. The van der Waals surface area contributed by atoms with Gasteiger partial charge < -0.3 is 14.6 Å². The molecule has 0 saturated carbocycles. The summed E-state index contributed by atoms with van der Waals surface area (Å²) in [5, 5.41) is 8.92. The molecular weight excluding hydrogens is 255 g/mol. The lowest BCUT2D eigenvalue weighted by atomic mass is 10.2. The van der Waals surface area contributed by atoms with Crippen LogP contribution in [-0.4, -0.2) is 19.3 Å². The first kappa shape index (κ1) is 11.3. The van der Waals surface area contributed by atoms with Crippen LogP contribution < -0.4 is 9.47 Å². The standard InChI is InChI=1S/C9H10BrFO3/c1-13-7-3-6(11)5(4-12)8(10)9(7)14-2/h3,12H,4H2,1-2H3. The minimum atomic E-state index is -0.531. The molecule has 0 aliphatic heterocycles. The third-order valence-electron chi connectivity index (χ3n) is 1.82. The summed E-state index contributed by atoms with van der Waals surface area (Å²) in [7, 11) is 2.87. The van der Waals surface area contributed by atoms with Crippen molar-refractivity contribution < 1.29 is 19.0 Å². The van der Waals surface area contributed by atoms with Gasteiger partial charge in [-0.1, -0.05) is 0 Å². The first-order valence-electron chi connectivity index (χ1n) is 3.85. The van der Waals surface area contributed by atoms with E-state index in [2.05, 4.69) is 15.9 Å². The van der Waals surface area contributed by atoms with E-state index in [1.165, 1.54) is 20.3 Å². The summed E-state index contributed by atoms with van der Waals surface area (Å²) in [6.45, 7) is -0.396. The molecule has 0 radical (unpaired) electrons. The number of halogens is 2. The minimum Gasteiger partial charge on any atom is -0.493 e. The molecule has 3 nitrogen and oxygen atoms in total. The summed E-state index contributed by atoms with van der Waals surface area (Å²) in [6.07, 6.45) is 0. The highest BCUT2D eigenvalue weighted by molar-refractivity contribution is 9.10. The third kappa shape index (κ3) is 1.83. The van der Waals surface area contributed by atoms with Gasteiger partial charge in [0.2, 0.25) is 0 Å². The molecule has 0 aliphatic carbocycles. The summed E-state index contributed by atoms with van der Waals surface area (Å²) >= 11 is 3.14. The van der Waals surface area contributed by atoms with E-state index in [-0.39, 0.29) is 11.3 Å². The molecule has 0 spiro atoms. The van der Waals surface area contributed by atoms with Crippen LogP contribution in [0, 0.1) is 5.82 Å². The SMILES string of the molecule is COc1cc(F)c(CO)c(Br)c1OC. The Morgan fingerprint density at radius 2 is 2.07 bits per heavy atom. The van der Waals surface area contributed by atoms with Gasteiger partial charge in [-0.05, 0) is 15.9 Å². The molecule has 0 amide bonds. The number of hydrogen-bond acceptors (Lipinski definition) is 3. The van der Waals surface area contributed by atoms with Gasteiger partial charge in [-0.2, -0.15) is 0 Å². The summed E-state index contributed by atoms with van der Waals surface area (Å²) in [5.74, 6) is 0.129. The summed E-state index contributed by atoms with van der Waals surface area (Å²) in [5.41, 5.74) is 0.155. The first-order valence-corrected chi connectivity index (χ1v) is 4.64. The molecule has 0 bridgehead atoms.